The van der Waals surface area contributed by atoms with E-state index in [1.54, 1.807) is 24.5 Å². The number of hydrogen-bond donors (Lipinski definition) is 0. The maximum Gasteiger partial charge on any atom is 0.133 e. The maximum atomic E-state index is 12.2. The number of rotatable bonds is 11. The highest BCUT2D eigenvalue weighted by atomic mass is 16.1. The van der Waals surface area contributed by atoms with E-state index in [0.717, 1.165) is 38.6 Å². The third-order valence-electron chi connectivity index (χ3n) is 4.89. The van der Waals surface area contributed by atoms with E-state index < -0.39 is 12.8 Å². The van der Waals surface area contributed by atoms with Crippen LogP contribution in [0.3, 0.4) is 0 Å². The zero-order valence-electron chi connectivity index (χ0n) is 18.1. The Morgan fingerprint density at radius 3 is 2.81 bits per heavy atom. The van der Waals surface area contributed by atoms with E-state index in [0.29, 0.717) is 12.0 Å². The zero-order valence-corrected chi connectivity index (χ0v) is 16.1. The standard InChI is InChI=1S/C24H30N2O/c1-20-10-13-24-22(18-20)14-17-26(24)16-6-4-2-3-5-9-23(27)12-11-21-8-7-15-25-19-21/h7-8,10,13-15,17-19H,2-6,9,11-12,16H2,1H3/i11D,12D. The van der Waals surface area contributed by atoms with Crippen molar-refractivity contribution in [2.45, 2.75) is 64.8 Å². The van der Waals surface area contributed by atoms with Gasteiger partial charge in [-0.2, -0.15) is 0 Å². The summed E-state index contributed by atoms with van der Waals surface area (Å²) in [7, 11) is 0. The molecule has 0 fully saturated rings. The van der Waals surface area contributed by atoms with E-state index in [2.05, 4.69) is 46.9 Å². The number of carbonyl (C=O) groups is 1. The van der Waals surface area contributed by atoms with Gasteiger partial charge in [0.25, 0.3) is 0 Å². The van der Waals surface area contributed by atoms with Gasteiger partial charge in [-0.25, -0.2) is 0 Å². The lowest BCUT2D eigenvalue weighted by Gasteiger charge is -2.06. The van der Waals surface area contributed by atoms with Crippen LogP contribution in [0.5, 0.6) is 0 Å². The summed E-state index contributed by atoms with van der Waals surface area (Å²) in [6, 6.07) is 12.2. The zero-order chi connectivity index (χ0) is 20.6. The quantitative estimate of drug-likeness (QED) is 0.398. The van der Waals surface area contributed by atoms with Crippen LogP contribution in [-0.2, 0) is 17.7 Å². The monoisotopic (exact) mass is 364 g/mol. The molecule has 3 nitrogen and oxygen atoms in total. The van der Waals surface area contributed by atoms with E-state index in [9.17, 15) is 4.79 Å². The van der Waals surface area contributed by atoms with Crippen LogP contribution in [0.4, 0.5) is 0 Å². The fraction of sp³-hybridized carbons (Fsp3) is 0.417. The minimum atomic E-state index is -1.02. The van der Waals surface area contributed by atoms with Gasteiger partial charge >= 0.3 is 0 Å². The molecule has 27 heavy (non-hydrogen) atoms. The number of nitrogens with zero attached hydrogens (tertiary/aromatic N) is 2. The van der Waals surface area contributed by atoms with Gasteiger partial charge in [-0.1, -0.05) is 37.0 Å². The maximum absolute atomic E-state index is 12.2. The predicted molar refractivity (Wildman–Crippen MR) is 112 cm³/mol. The van der Waals surface area contributed by atoms with Crippen molar-refractivity contribution in [1.29, 1.82) is 0 Å². The second-order valence-corrected chi connectivity index (χ2v) is 7.18. The topological polar surface area (TPSA) is 34.9 Å². The van der Waals surface area contributed by atoms with Crippen LogP contribution >= 0.6 is 0 Å². The molecular weight excluding hydrogens is 332 g/mol. The fourth-order valence-electron chi connectivity index (χ4n) is 3.37. The van der Waals surface area contributed by atoms with Gasteiger partial charge in [0.15, 0.2) is 0 Å². The van der Waals surface area contributed by atoms with Crippen LogP contribution in [0.25, 0.3) is 10.9 Å². The van der Waals surface area contributed by atoms with Crippen molar-refractivity contribution in [3.63, 3.8) is 0 Å². The molecule has 0 aliphatic rings. The number of Topliss-reactive ketones (excluding diaryl/α,β-unsaturated/α-hetero) is 1. The van der Waals surface area contributed by atoms with Gasteiger partial charge in [-0.15, -0.1) is 0 Å². The molecule has 2 heterocycles. The summed E-state index contributed by atoms with van der Waals surface area (Å²) in [5.74, 6) is -0.136. The average molecular weight is 365 g/mol. The van der Waals surface area contributed by atoms with Crippen LogP contribution in [0.15, 0.2) is 55.0 Å². The number of hydrogen-bond acceptors (Lipinski definition) is 2. The number of aromatic nitrogens is 2. The third kappa shape index (κ3) is 6.06. The van der Waals surface area contributed by atoms with E-state index in [-0.39, 0.29) is 5.78 Å². The predicted octanol–water partition coefficient (Wildman–Crippen LogP) is 5.89. The summed E-state index contributed by atoms with van der Waals surface area (Å²) in [4.78, 5) is 16.2. The van der Waals surface area contributed by atoms with E-state index in [4.69, 9.17) is 2.74 Å². The molecule has 3 rings (SSSR count). The average Bonchev–Trinajstić information content (AvgIpc) is 3.14. The summed E-state index contributed by atoms with van der Waals surface area (Å²) < 4.78 is 18.5. The first-order valence-electron chi connectivity index (χ1n) is 11.0. The summed E-state index contributed by atoms with van der Waals surface area (Å²) >= 11 is 0. The number of ketones is 1. The summed E-state index contributed by atoms with van der Waals surface area (Å²) in [6.07, 6.45) is 9.06. The summed E-state index contributed by atoms with van der Waals surface area (Å²) in [6.45, 7) is 3.14. The van der Waals surface area contributed by atoms with Crippen LogP contribution in [-0.4, -0.2) is 15.3 Å². The second kappa shape index (κ2) is 10.1. The lowest BCUT2D eigenvalue weighted by atomic mass is 10.0. The SMILES string of the molecule is [2H]C(C(=O)CCCCCCCn1ccc2cc(C)ccc21)C([2H])c1cccnc1. The molecule has 0 aliphatic heterocycles. The molecule has 2 atom stereocenters. The van der Waals surface area contributed by atoms with Crippen LogP contribution in [0.1, 0.15) is 58.8 Å². The number of fused-ring (bicyclic) bond motifs is 1. The Kier molecular flexibility index (Phi) is 6.23. The Bertz CT molecular complexity index is 923. The van der Waals surface area contributed by atoms with Crippen molar-refractivity contribution in [2.24, 2.45) is 0 Å². The molecule has 0 aliphatic carbocycles. The van der Waals surface area contributed by atoms with Crippen molar-refractivity contribution >= 4 is 16.7 Å². The summed E-state index contributed by atoms with van der Waals surface area (Å²) in [5, 5.41) is 1.30. The summed E-state index contributed by atoms with van der Waals surface area (Å²) in [5.41, 5.74) is 3.21. The molecule has 2 unspecified atom stereocenters. The Labute approximate surface area is 165 Å². The van der Waals surface area contributed by atoms with Gasteiger partial charge in [0.05, 0.1) is 0 Å². The largest absolute Gasteiger partial charge is 0.347 e. The minimum absolute atomic E-state index is 0.136. The first kappa shape index (κ1) is 16.7. The number of unbranched alkanes of at least 4 members (excludes halogenated alkanes) is 4. The molecule has 0 saturated carbocycles. The van der Waals surface area contributed by atoms with Crippen molar-refractivity contribution in [2.75, 3.05) is 0 Å². The molecule has 2 aromatic heterocycles. The molecule has 3 aromatic rings. The van der Waals surface area contributed by atoms with E-state index in [1.807, 2.05) is 0 Å². The van der Waals surface area contributed by atoms with Crippen LogP contribution in [0.2, 0.25) is 0 Å². The highest BCUT2D eigenvalue weighted by Crippen LogP contribution is 2.18. The van der Waals surface area contributed by atoms with Gasteiger partial charge in [0, 0.05) is 46.2 Å². The van der Waals surface area contributed by atoms with Crippen molar-refractivity contribution < 1.29 is 7.54 Å². The second-order valence-electron chi connectivity index (χ2n) is 7.18. The lowest BCUT2D eigenvalue weighted by molar-refractivity contribution is -0.119. The van der Waals surface area contributed by atoms with E-state index >= 15 is 0 Å². The Hall–Kier alpha value is -2.42. The first-order chi connectivity index (χ1) is 14.1. The molecular formula is C24H30N2O. The minimum Gasteiger partial charge on any atom is -0.347 e. The first-order valence-corrected chi connectivity index (χ1v) is 9.89. The van der Waals surface area contributed by atoms with Crippen molar-refractivity contribution in [3.8, 4) is 0 Å². The van der Waals surface area contributed by atoms with Gasteiger partial charge in [0.1, 0.15) is 5.78 Å². The van der Waals surface area contributed by atoms with Crippen LogP contribution in [0, 0.1) is 6.92 Å². The van der Waals surface area contributed by atoms with Gasteiger partial charge in [-0.05, 0) is 61.4 Å². The fourth-order valence-corrected chi connectivity index (χ4v) is 3.37. The van der Waals surface area contributed by atoms with Gasteiger partial charge < -0.3 is 4.57 Å². The third-order valence-corrected chi connectivity index (χ3v) is 4.89. The number of carbonyl (C=O) groups excluding carboxylic acids is 1. The molecule has 1 aromatic carbocycles. The molecule has 0 saturated heterocycles. The van der Waals surface area contributed by atoms with Crippen molar-refractivity contribution in [3.05, 3.63) is 66.1 Å². The Morgan fingerprint density at radius 2 is 1.96 bits per heavy atom. The molecule has 0 radical (unpaired) electrons. The normalized spacial score (nSPS) is 14.6. The molecule has 0 spiro atoms. The smallest absolute Gasteiger partial charge is 0.133 e. The van der Waals surface area contributed by atoms with E-state index in [1.165, 1.54) is 16.5 Å². The highest BCUT2D eigenvalue weighted by molar-refractivity contribution is 5.80. The lowest BCUT2D eigenvalue weighted by Crippen LogP contribution is -2.00. The molecule has 0 N–H and O–H groups in total. The van der Waals surface area contributed by atoms with Gasteiger partial charge in [0.2, 0.25) is 0 Å². The van der Waals surface area contributed by atoms with Gasteiger partial charge in [-0.3, -0.25) is 9.78 Å². The molecule has 142 valence electrons. The molecule has 3 heteroatoms. The Morgan fingerprint density at radius 1 is 1.11 bits per heavy atom. The van der Waals surface area contributed by atoms with Crippen molar-refractivity contribution in [1.82, 2.24) is 9.55 Å². The Balaban J connectivity index is 1.32. The molecule has 0 bridgehead atoms. The number of pyridine rings is 1. The number of benzene rings is 1. The molecule has 0 amide bonds. The number of aryl methyl sites for hydroxylation is 3. The van der Waals surface area contributed by atoms with Crippen LogP contribution < -0.4 is 0 Å². The highest BCUT2D eigenvalue weighted by Gasteiger charge is 2.04.